The standard InChI is InChI=1S/C32H30N2O2/c1-2-3-4-8-23-35-30-21-19-27(20-22-30)26-11-15-28(16-12-26)31-33-32(36-34-31)29-17-13-25(14-18-29)24-9-6-5-7-10-24/h5-7,9-22H,2-4,8,23H2,1H3. The van der Waals surface area contributed by atoms with Crippen molar-refractivity contribution >= 4 is 0 Å². The zero-order valence-electron chi connectivity index (χ0n) is 20.6. The average molecular weight is 475 g/mol. The lowest BCUT2D eigenvalue weighted by Crippen LogP contribution is -1.96. The summed E-state index contributed by atoms with van der Waals surface area (Å²) in [4.78, 5) is 4.62. The first-order valence-corrected chi connectivity index (χ1v) is 12.6. The Morgan fingerprint density at radius 3 is 1.78 bits per heavy atom. The molecule has 0 bridgehead atoms. The lowest BCUT2D eigenvalue weighted by molar-refractivity contribution is 0.305. The van der Waals surface area contributed by atoms with Crippen LogP contribution in [0.4, 0.5) is 0 Å². The molecule has 0 saturated heterocycles. The Hall–Kier alpha value is -4.18. The monoisotopic (exact) mass is 474 g/mol. The molecule has 0 amide bonds. The van der Waals surface area contributed by atoms with Gasteiger partial charge in [0, 0.05) is 11.1 Å². The predicted molar refractivity (Wildman–Crippen MR) is 146 cm³/mol. The fourth-order valence-corrected chi connectivity index (χ4v) is 4.17. The van der Waals surface area contributed by atoms with Gasteiger partial charge in [0.2, 0.25) is 5.82 Å². The van der Waals surface area contributed by atoms with Crippen molar-refractivity contribution in [1.82, 2.24) is 10.1 Å². The first-order chi connectivity index (χ1) is 17.8. The van der Waals surface area contributed by atoms with E-state index in [0.717, 1.165) is 46.6 Å². The molecule has 0 aliphatic rings. The van der Waals surface area contributed by atoms with E-state index in [1.165, 1.54) is 24.8 Å². The van der Waals surface area contributed by atoms with Gasteiger partial charge in [-0.05, 0) is 52.9 Å². The molecular formula is C32H30N2O2. The minimum atomic E-state index is 0.513. The topological polar surface area (TPSA) is 48.2 Å². The SMILES string of the molecule is CCCCCCOc1ccc(-c2ccc(-c3noc(-c4ccc(-c5ccccc5)cc4)n3)cc2)cc1. The smallest absolute Gasteiger partial charge is 0.258 e. The Bertz CT molecular complexity index is 1360. The van der Waals surface area contributed by atoms with Crippen LogP contribution in [0.5, 0.6) is 5.75 Å². The summed E-state index contributed by atoms with van der Waals surface area (Å²) < 4.78 is 11.4. The third kappa shape index (κ3) is 5.72. The molecule has 0 spiro atoms. The van der Waals surface area contributed by atoms with Gasteiger partial charge in [-0.15, -0.1) is 0 Å². The Morgan fingerprint density at radius 2 is 1.14 bits per heavy atom. The summed E-state index contributed by atoms with van der Waals surface area (Å²) >= 11 is 0. The molecule has 0 saturated carbocycles. The molecule has 0 radical (unpaired) electrons. The number of aromatic nitrogens is 2. The molecule has 0 aliphatic carbocycles. The van der Waals surface area contributed by atoms with E-state index in [4.69, 9.17) is 9.26 Å². The Labute approximate surface area is 212 Å². The number of hydrogen-bond acceptors (Lipinski definition) is 4. The zero-order chi connectivity index (χ0) is 24.6. The van der Waals surface area contributed by atoms with Crippen LogP contribution in [0.1, 0.15) is 32.6 Å². The van der Waals surface area contributed by atoms with Crippen LogP contribution in [-0.4, -0.2) is 16.7 Å². The van der Waals surface area contributed by atoms with Gasteiger partial charge in [-0.3, -0.25) is 0 Å². The molecule has 1 aromatic heterocycles. The minimum absolute atomic E-state index is 0.513. The second-order valence-electron chi connectivity index (χ2n) is 8.88. The average Bonchev–Trinajstić information content (AvgIpc) is 3.45. The lowest BCUT2D eigenvalue weighted by Gasteiger charge is -2.07. The van der Waals surface area contributed by atoms with Gasteiger partial charge in [0.15, 0.2) is 0 Å². The second-order valence-corrected chi connectivity index (χ2v) is 8.88. The van der Waals surface area contributed by atoms with Crippen molar-refractivity contribution in [3.63, 3.8) is 0 Å². The highest BCUT2D eigenvalue weighted by Crippen LogP contribution is 2.28. The maximum atomic E-state index is 5.86. The van der Waals surface area contributed by atoms with E-state index in [1.807, 2.05) is 54.6 Å². The van der Waals surface area contributed by atoms with Crippen LogP contribution < -0.4 is 4.74 Å². The molecule has 4 aromatic carbocycles. The van der Waals surface area contributed by atoms with Crippen molar-refractivity contribution in [2.75, 3.05) is 6.61 Å². The van der Waals surface area contributed by atoms with Crippen molar-refractivity contribution in [3.8, 4) is 50.8 Å². The van der Waals surface area contributed by atoms with Crippen molar-refractivity contribution in [3.05, 3.63) is 103 Å². The molecule has 0 atom stereocenters. The Morgan fingerprint density at radius 1 is 0.583 bits per heavy atom. The van der Waals surface area contributed by atoms with Crippen molar-refractivity contribution in [2.24, 2.45) is 0 Å². The Kier molecular flexibility index (Phi) is 7.52. The number of benzene rings is 4. The fraction of sp³-hybridized carbons (Fsp3) is 0.188. The van der Waals surface area contributed by atoms with E-state index in [-0.39, 0.29) is 0 Å². The summed E-state index contributed by atoms with van der Waals surface area (Å²) in [6, 6.07) is 35.0. The molecule has 36 heavy (non-hydrogen) atoms. The van der Waals surface area contributed by atoms with Gasteiger partial charge in [0.05, 0.1) is 6.61 Å². The Balaban J connectivity index is 1.23. The molecule has 0 aliphatic heterocycles. The molecule has 1 heterocycles. The van der Waals surface area contributed by atoms with E-state index >= 15 is 0 Å². The van der Waals surface area contributed by atoms with Crippen molar-refractivity contribution < 1.29 is 9.26 Å². The predicted octanol–water partition coefficient (Wildman–Crippen LogP) is 8.70. The highest BCUT2D eigenvalue weighted by atomic mass is 16.5. The summed E-state index contributed by atoms with van der Waals surface area (Å²) in [7, 11) is 0. The normalized spacial score (nSPS) is 10.9. The van der Waals surface area contributed by atoms with Gasteiger partial charge < -0.3 is 9.26 Å². The first kappa shape index (κ1) is 23.6. The summed E-state index contributed by atoms with van der Waals surface area (Å²) in [6.07, 6.45) is 4.84. The number of hydrogen-bond donors (Lipinski definition) is 0. The quantitative estimate of drug-likeness (QED) is 0.190. The minimum Gasteiger partial charge on any atom is -0.494 e. The number of ether oxygens (including phenoxy) is 1. The fourth-order valence-electron chi connectivity index (χ4n) is 4.17. The van der Waals surface area contributed by atoms with Crippen LogP contribution in [0.2, 0.25) is 0 Å². The molecular weight excluding hydrogens is 444 g/mol. The molecule has 0 fully saturated rings. The summed E-state index contributed by atoms with van der Waals surface area (Å²) in [6.45, 7) is 3.00. The largest absolute Gasteiger partial charge is 0.494 e. The van der Waals surface area contributed by atoms with Gasteiger partial charge in [-0.25, -0.2) is 0 Å². The summed E-state index contributed by atoms with van der Waals surface area (Å²) in [5, 5.41) is 4.20. The number of unbranched alkanes of at least 4 members (excludes halogenated alkanes) is 3. The zero-order valence-corrected chi connectivity index (χ0v) is 20.6. The second kappa shape index (κ2) is 11.5. The van der Waals surface area contributed by atoms with E-state index in [2.05, 4.69) is 65.6 Å². The molecule has 0 unspecified atom stereocenters. The number of nitrogens with zero attached hydrogens (tertiary/aromatic N) is 2. The van der Waals surface area contributed by atoms with Crippen molar-refractivity contribution in [2.45, 2.75) is 32.6 Å². The van der Waals surface area contributed by atoms with Gasteiger partial charge in [-0.1, -0.05) is 110 Å². The van der Waals surface area contributed by atoms with Crippen LogP contribution >= 0.6 is 0 Å². The summed E-state index contributed by atoms with van der Waals surface area (Å²) in [5.41, 5.74) is 6.43. The highest BCUT2D eigenvalue weighted by molar-refractivity contribution is 5.70. The molecule has 0 N–H and O–H groups in total. The van der Waals surface area contributed by atoms with Gasteiger partial charge >= 0.3 is 0 Å². The molecule has 180 valence electrons. The molecule has 5 aromatic rings. The molecule has 4 heteroatoms. The van der Waals surface area contributed by atoms with E-state index < -0.39 is 0 Å². The van der Waals surface area contributed by atoms with E-state index in [9.17, 15) is 0 Å². The van der Waals surface area contributed by atoms with E-state index in [1.54, 1.807) is 0 Å². The van der Waals surface area contributed by atoms with Crippen molar-refractivity contribution in [1.29, 1.82) is 0 Å². The first-order valence-electron chi connectivity index (χ1n) is 12.6. The van der Waals surface area contributed by atoms with E-state index in [0.29, 0.717) is 11.7 Å². The third-order valence-corrected chi connectivity index (χ3v) is 6.26. The van der Waals surface area contributed by atoms with Gasteiger partial charge in [-0.2, -0.15) is 4.98 Å². The maximum absolute atomic E-state index is 5.86. The van der Waals surface area contributed by atoms with Crippen LogP contribution in [-0.2, 0) is 0 Å². The van der Waals surface area contributed by atoms with Gasteiger partial charge in [0.25, 0.3) is 5.89 Å². The maximum Gasteiger partial charge on any atom is 0.258 e. The lowest BCUT2D eigenvalue weighted by atomic mass is 10.0. The highest BCUT2D eigenvalue weighted by Gasteiger charge is 2.11. The van der Waals surface area contributed by atoms with Crippen LogP contribution in [0.3, 0.4) is 0 Å². The third-order valence-electron chi connectivity index (χ3n) is 6.26. The number of rotatable bonds is 10. The molecule has 5 rings (SSSR count). The molecule has 4 nitrogen and oxygen atoms in total. The van der Waals surface area contributed by atoms with Crippen LogP contribution in [0.25, 0.3) is 45.1 Å². The van der Waals surface area contributed by atoms with Gasteiger partial charge in [0.1, 0.15) is 5.75 Å². The van der Waals surface area contributed by atoms with Crippen LogP contribution in [0, 0.1) is 0 Å². The summed E-state index contributed by atoms with van der Waals surface area (Å²) in [5.74, 6) is 2.01. The van der Waals surface area contributed by atoms with Crippen LogP contribution in [0.15, 0.2) is 108 Å².